The van der Waals surface area contributed by atoms with E-state index in [-0.39, 0.29) is 0 Å². The molecule has 0 amide bonds. The van der Waals surface area contributed by atoms with E-state index in [1.54, 1.807) is 0 Å². The van der Waals surface area contributed by atoms with Crippen LogP contribution in [0.4, 0.5) is 0 Å². The van der Waals surface area contributed by atoms with Crippen molar-refractivity contribution in [2.24, 2.45) is 0 Å². The second-order valence-corrected chi connectivity index (χ2v) is 6.40. The molecule has 0 unspecified atom stereocenters. The topological polar surface area (TPSA) is 86.2 Å². The van der Waals surface area contributed by atoms with E-state index in [1.165, 1.54) is 32.7 Å². The van der Waals surface area contributed by atoms with Crippen LogP contribution in [0.25, 0.3) is 32.7 Å². The summed E-state index contributed by atoms with van der Waals surface area (Å²) in [5.74, 6) is 0. The standard InChI is InChI=1S/C20H14.H3O4P/c1-3-11-17-15(7-1)9-5-13-19(17)20-14-6-10-16-8-2-4-12-18(16)20;1-5(2,3)4/h1-14H;(H3,1,2,3,4)/p-3. The van der Waals surface area contributed by atoms with E-state index in [0.717, 1.165) is 0 Å². The van der Waals surface area contributed by atoms with Crippen molar-refractivity contribution in [1.29, 1.82) is 0 Å². The van der Waals surface area contributed by atoms with Gasteiger partial charge >= 0.3 is 0 Å². The Kier molecular flexibility index (Phi) is 4.98. The van der Waals surface area contributed by atoms with Gasteiger partial charge in [0.05, 0.1) is 0 Å². The van der Waals surface area contributed by atoms with E-state index in [2.05, 4.69) is 84.9 Å². The van der Waals surface area contributed by atoms with Gasteiger partial charge in [0.15, 0.2) is 0 Å². The Bertz CT molecular complexity index is 973. The maximum atomic E-state index is 8.55. The Hall–Kier alpha value is -2.49. The van der Waals surface area contributed by atoms with Crippen molar-refractivity contribution < 1.29 is 19.2 Å². The van der Waals surface area contributed by atoms with E-state index in [1.807, 2.05) is 0 Å². The van der Waals surface area contributed by atoms with Crippen molar-refractivity contribution in [1.82, 2.24) is 0 Å². The summed E-state index contributed by atoms with van der Waals surface area (Å²) in [6.07, 6.45) is 0. The molecule has 0 aliphatic heterocycles. The molecule has 0 heterocycles. The molecule has 0 spiro atoms. The first-order chi connectivity index (χ1) is 11.9. The molecule has 4 rings (SSSR count). The van der Waals surface area contributed by atoms with Gasteiger partial charge in [-0.1, -0.05) is 84.9 Å². The fourth-order valence-corrected chi connectivity index (χ4v) is 2.92. The average molecular weight is 349 g/mol. The van der Waals surface area contributed by atoms with Gasteiger partial charge in [0.25, 0.3) is 0 Å². The fourth-order valence-electron chi connectivity index (χ4n) is 2.92. The van der Waals surface area contributed by atoms with Crippen LogP contribution >= 0.6 is 7.82 Å². The van der Waals surface area contributed by atoms with Gasteiger partial charge in [-0.3, -0.25) is 0 Å². The summed E-state index contributed by atoms with van der Waals surface area (Å²) in [5, 5.41) is 5.20. The van der Waals surface area contributed by atoms with Crippen LogP contribution in [0, 0.1) is 0 Å². The average Bonchev–Trinajstić information content (AvgIpc) is 2.59. The molecule has 0 atom stereocenters. The van der Waals surface area contributed by atoms with E-state index in [4.69, 9.17) is 19.2 Å². The summed E-state index contributed by atoms with van der Waals surface area (Å²) < 4.78 is 8.55. The number of hydrogen-bond acceptors (Lipinski definition) is 4. The zero-order chi connectivity index (χ0) is 17.9. The highest BCUT2D eigenvalue weighted by Gasteiger charge is 2.06. The van der Waals surface area contributed by atoms with E-state index >= 15 is 0 Å². The molecule has 0 aliphatic carbocycles. The van der Waals surface area contributed by atoms with Crippen LogP contribution in [-0.2, 0) is 4.57 Å². The minimum absolute atomic E-state index is 1.29. The van der Waals surface area contributed by atoms with Crippen molar-refractivity contribution in [3.05, 3.63) is 84.9 Å². The molecular weight excluding hydrogens is 335 g/mol. The Morgan fingerprint density at radius 2 is 0.840 bits per heavy atom. The normalized spacial score (nSPS) is 11.2. The number of benzene rings is 4. The lowest BCUT2D eigenvalue weighted by atomic mass is 9.94. The molecule has 0 bridgehead atoms. The van der Waals surface area contributed by atoms with E-state index in [0.29, 0.717) is 0 Å². The van der Waals surface area contributed by atoms with Crippen LogP contribution in [0.3, 0.4) is 0 Å². The molecule has 4 aromatic rings. The Labute approximate surface area is 145 Å². The number of hydrogen-bond donors (Lipinski definition) is 0. The largest absolute Gasteiger partial charge is 0.822 e. The lowest BCUT2D eigenvalue weighted by molar-refractivity contribution is -0.432. The summed E-state index contributed by atoms with van der Waals surface area (Å²) in [7, 11) is -5.39. The van der Waals surface area contributed by atoms with E-state index in [9.17, 15) is 0 Å². The SMILES string of the molecule is O=P([O-])([O-])[O-].c1ccc2c(-c3cccc4ccccc34)cccc2c1. The third-order valence-corrected chi connectivity index (χ3v) is 3.87. The van der Waals surface area contributed by atoms with E-state index < -0.39 is 7.82 Å². The predicted octanol–water partition coefficient (Wildman–Crippen LogP) is 2.84. The number of phosphoric acid groups is 1. The van der Waals surface area contributed by atoms with Crippen molar-refractivity contribution in [2.45, 2.75) is 0 Å². The monoisotopic (exact) mass is 349 g/mol. The van der Waals surface area contributed by atoms with Crippen LogP contribution in [-0.4, -0.2) is 0 Å². The van der Waals surface area contributed by atoms with Crippen molar-refractivity contribution in [3.63, 3.8) is 0 Å². The Morgan fingerprint density at radius 3 is 1.24 bits per heavy atom. The molecule has 4 aromatic carbocycles. The summed E-state index contributed by atoms with van der Waals surface area (Å²) in [6.45, 7) is 0. The highest BCUT2D eigenvalue weighted by atomic mass is 31.2. The molecule has 0 saturated heterocycles. The molecule has 25 heavy (non-hydrogen) atoms. The van der Waals surface area contributed by atoms with Crippen molar-refractivity contribution in [2.75, 3.05) is 0 Å². The maximum Gasteiger partial charge on any atom is -0.00992 e. The molecule has 126 valence electrons. The maximum absolute atomic E-state index is 8.55. The van der Waals surface area contributed by atoms with Gasteiger partial charge in [-0.05, 0) is 32.7 Å². The zero-order valence-electron chi connectivity index (χ0n) is 13.2. The first-order valence-corrected chi connectivity index (χ1v) is 9.08. The molecular formula is C20H14O4P-3. The highest BCUT2D eigenvalue weighted by molar-refractivity contribution is 7.40. The molecule has 0 saturated carbocycles. The first-order valence-electron chi connectivity index (χ1n) is 7.62. The van der Waals surface area contributed by atoms with Gasteiger partial charge in [0.2, 0.25) is 0 Å². The second kappa shape index (κ2) is 7.18. The summed E-state index contributed by atoms with van der Waals surface area (Å²) in [6, 6.07) is 30.2. The number of fused-ring (bicyclic) bond motifs is 2. The third kappa shape index (κ3) is 4.32. The Morgan fingerprint density at radius 1 is 0.520 bits per heavy atom. The van der Waals surface area contributed by atoms with Gasteiger partial charge in [-0.15, -0.1) is 0 Å². The van der Waals surface area contributed by atoms with Crippen LogP contribution in [0.15, 0.2) is 84.9 Å². The molecule has 0 radical (unpaired) electrons. The molecule has 5 heteroatoms. The van der Waals surface area contributed by atoms with Crippen LogP contribution in [0.5, 0.6) is 0 Å². The molecule has 0 N–H and O–H groups in total. The fraction of sp³-hybridized carbons (Fsp3) is 0. The quantitative estimate of drug-likeness (QED) is 0.495. The zero-order valence-corrected chi connectivity index (χ0v) is 14.1. The molecule has 0 fully saturated rings. The first kappa shape index (κ1) is 17.3. The lowest BCUT2D eigenvalue weighted by Crippen LogP contribution is -2.24. The van der Waals surface area contributed by atoms with Gasteiger partial charge in [0, 0.05) is 0 Å². The summed E-state index contributed by atoms with van der Waals surface area (Å²) >= 11 is 0. The summed E-state index contributed by atoms with van der Waals surface area (Å²) in [5.41, 5.74) is 2.61. The number of rotatable bonds is 1. The predicted molar refractivity (Wildman–Crippen MR) is 94.5 cm³/mol. The minimum Gasteiger partial charge on any atom is -0.822 e. The second-order valence-electron chi connectivity index (χ2n) is 5.50. The van der Waals surface area contributed by atoms with Crippen LogP contribution < -0.4 is 14.7 Å². The Balaban J connectivity index is 0.000000324. The minimum atomic E-state index is -5.39. The van der Waals surface area contributed by atoms with Gasteiger partial charge in [-0.25, -0.2) is 0 Å². The van der Waals surface area contributed by atoms with Crippen LogP contribution in [0.1, 0.15) is 0 Å². The third-order valence-electron chi connectivity index (χ3n) is 3.87. The van der Waals surface area contributed by atoms with Crippen molar-refractivity contribution >= 4 is 29.4 Å². The molecule has 0 aromatic heterocycles. The molecule has 4 nitrogen and oxygen atoms in total. The molecule has 0 aliphatic rings. The summed E-state index contributed by atoms with van der Waals surface area (Å²) in [4.78, 5) is 25.6. The van der Waals surface area contributed by atoms with Gasteiger partial charge in [-0.2, -0.15) is 7.82 Å². The lowest BCUT2D eigenvalue weighted by Gasteiger charge is -2.36. The van der Waals surface area contributed by atoms with Crippen molar-refractivity contribution in [3.8, 4) is 11.1 Å². The highest BCUT2D eigenvalue weighted by Crippen LogP contribution is 2.33. The van der Waals surface area contributed by atoms with Gasteiger partial charge in [0.1, 0.15) is 0 Å². The van der Waals surface area contributed by atoms with Crippen LogP contribution in [0.2, 0.25) is 0 Å². The van der Waals surface area contributed by atoms with Gasteiger partial charge < -0.3 is 19.2 Å². The smallest absolute Gasteiger partial charge is 0.00992 e.